The van der Waals surface area contributed by atoms with Gasteiger partial charge in [0, 0.05) is 18.9 Å². The number of rotatable bonds is 3. The van der Waals surface area contributed by atoms with Crippen molar-refractivity contribution in [1.29, 1.82) is 0 Å². The highest BCUT2D eigenvalue weighted by atomic mass is 32.1. The van der Waals surface area contributed by atoms with E-state index in [1.807, 2.05) is 6.92 Å². The van der Waals surface area contributed by atoms with Crippen molar-refractivity contribution < 1.29 is 9.59 Å². The summed E-state index contributed by atoms with van der Waals surface area (Å²) in [5, 5.41) is 2.17. The molecule has 1 fully saturated rings. The predicted octanol–water partition coefficient (Wildman–Crippen LogP) is 0.627. The van der Waals surface area contributed by atoms with E-state index in [9.17, 15) is 9.59 Å². The Kier molecular flexibility index (Phi) is 3.28. The topological polar surface area (TPSA) is 49.7 Å². The highest BCUT2D eigenvalue weighted by molar-refractivity contribution is 7.78. The van der Waals surface area contributed by atoms with Gasteiger partial charge in [-0.05, 0) is 19.1 Å². The van der Waals surface area contributed by atoms with Crippen LogP contribution in [0.1, 0.15) is 19.8 Å². The van der Waals surface area contributed by atoms with Gasteiger partial charge in [-0.25, -0.2) is 4.99 Å². The number of imide groups is 1. The standard InChI is InChI=1S/C8H10N2O2S/c1-6-4-8(12)10(6)7(11)2-3-9-5-13/h6H,2-4H2,1H3/t6-/m1/s1. The first-order valence-corrected chi connectivity index (χ1v) is 4.46. The van der Waals surface area contributed by atoms with Crippen LogP contribution in [0.25, 0.3) is 0 Å². The molecule has 1 saturated heterocycles. The molecule has 0 saturated carbocycles. The highest BCUT2D eigenvalue weighted by Gasteiger charge is 2.36. The monoisotopic (exact) mass is 198 g/mol. The largest absolute Gasteiger partial charge is 0.279 e. The molecule has 1 aliphatic heterocycles. The van der Waals surface area contributed by atoms with E-state index in [-0.39, 0.29) is 24.3 Å². The van der Waals surface area contributed by atoms with Crippen molar-refractivity contribution in [3.63, 3.8) is 0 Å². The molecule has 0 aromatic heterocycles. The van der Waals surface area contributed by atoms with Gasteiger partial charge in [-0.2, -0.15) is 0 Å². The smallest absolute Gasteiger partial charge is 0.231 e. The fourth-order valence-electron chi connectivity index (χ4n) is 1.28. The van der Waals surface area contributed by atoms with Crippen molar-refractivity contribution in [3.05, 3.63) is 0 Å². The van der Waals surface area contributed by atoms with Gasteiger partial charge in [0.15, 0.2) is 0 Å². The highest BCUT2D eigenvalue weighted by Crippen LogP contribution is 2.19. The molecule has 1 atom stereocenters. The van der Waals surface area contributed by atoms with Gasteiger partial charge in [0.05, 0.1) is 11.7 Å². The molecule has 0 aliphatic carbocycles. The minimum absolute atomic E-state index is 0.0523. The summed E-state index contributed by atoms with van der Waals surface area (Å²) in [7, 11) is 0. The molecule has 0 spiro atoms. The number of hydrogen-bond donors (Lipinski definition) is 0. The van der Waals surface area contributed by atoms with E-state index >= 15 is 0 Å². The number of carbonyl (C=O) groups is 2. The quantitative estimate of drug-likeness (QED) is 0.379. The van der Waals surface area contributed by atoms with Crippen LogP contribution in [0.5, 0.6) is 0 Å². The van der Waals surface area contributed by atoms with Crippen LogP contribution in [-0.4, -0.2) is 34.5 Å². The van der Waals surface area contributed by atoms with Crippen molar-refractivity contribution in [3.8, 4) is 0 Å². The van der Waals surface area contributed by atoms with E-state index in [2.05, 4.69) is 22.4 Å². The molecule has 70 valence electrons. The van der Waals surface area contributed by atoms with Crippen molar-refractivity contribution in [2.45, 2.75) is 25.8 Å². The zero-order valence-corrected chi connectivity index (χ0v) is 8.13. The summed E-state index contributed by atoms with van der Waals surface area (Å²) < 4.78 is 0. The third-order valence-electron chi connectivity index (χ3n) is 1.95. The summed E-state index contributed by atoms with van der Waals surface area (Å²) in [4.78, 5) is 27.1. The van der Waals surface area contributed by atoms with Gasteiger partial charge in [0.25, 0.3) is 0 Å². The minimum atomic E-state index is -0.169. The zero-order chi connectivity index (χ0) is 9.84. The molecule has 0 aromatic rings. The maximum Gasteiger partial charge on any atom is 0.231 e. The lowest BCUT2D eigenvalue weighted by Gasteiger charge is -2.36. The Labute approximate surface area is 81.6 Å². The van der Waals surface area contributed by atoms with E-state index in [0.717, 1.165) is 0 Å². The number of β-lactam (4-membered cyclic amide) rings is 1. The Balaban J connectivity index is 2.39. The van der Waals surface area contributed by atoms with Crippen LogP contribution in [0.4, 0.5) is 0 Å². The molecule has 0 N–H and O–H groups in total. The second kappa shape index (κ2) is 4.25. The van der Waals surface area contributed by atoms with Crippen molar-refractivity contribution in [1.82, 2.24) is 4.90 Å². The van der Waals surface area contributed by atoms with Crippen molar-refractivity contribution in [2.24, 2.45) is 4.99 Å². The van der Waals surface area contributed by atoms with Gasteiger partial charge in [-0.3, -0.25) is 14.5 Å². The zero-order valence-electron chi connectivity index (χ0n) is 7.32. The third-order valence-corrected chi connectivity index (χ3v) is 2.08. The normalized spacial score (nSPS) is 20.5. The van der Waals surface area contributed by atoms with Crippen LogP contribution in [0.2, 0.25) is 0 Å². The summed E-state index contributed by atoms with van der Waals surface area (Å²) in [6.07, 6.45) is 0.710. The molecule has 1 heterocycles. The lowest BCUT2D eigenvalue weighted by atomic mass is 10.0. The molecular formula is C8H10N2O2S. The van der Waals surface area contributed by atoms with Crippen LogP contribution in [0.3, 0.4) is 0 Å². The maximum atomic E-state index is 11.3. The summed E-state index contributed by atoms with van der Waals surface area (Å²) in [6, 6.07) is 0.0523. The van der Waals surface area contributed by atoms with E-state index in [1.165, 1.54) is 4.90 Å². The molecule has 13 heavy (non-hydrogen) atoms. The third kappa shape index (κ3) is 2.20. The fourth-order valence-corrected chi connectivity index (χ4v) is 1.37. The van der Waals surface area contributed by atoms with E-state index in [0.29, 0.717) is 13.0 Å². The van der Waals surface area contributed by atoms with Crippen LogP contribution >= 0.6 is 12.2 Å². The van der Waals surface area contributed by atoms with Crippen molar-refractivity contribution >= 4 is 29.2 Å². The fraction of sp³-hybridized carbons (Fsp3) is 0.625. The van der Waals surface area contributed by atoms with E-state index in [4.69, 9.17) is 0 Å². The lowest BCUT2D eigenvalue weighted by molar-refractivity contribution is -0.157. The molecule has 4 nitrogen and oxygen atoms in total. The molecular weight excluding hydrogens is 188 g/mol. The second-order valence-electron chi connectivity index (χ2n) is 2.93. The number of aliphatic imine (C=N–C) groups is 1. The molecule has 1 rings (SSSR count). The number of amides is 2. The van der Waals surface area contributed by atoms with Crippen molar-refractivity contribution in [2.75, 3.05) is 6.54 Å². The number of thiocarbonyl (C=S) groups is 1. The molecule has 1 aliphatic rings. The second-order valence-corrected chi connectivity index (χ2v) is 3.12. The Bertz CT molecular complexity index is 284. The Morgan fingerprint density at radius 3 is 3.00 bits per heavy atom. The maximum absolute atomic E-state index is 11.3. The van der Waals surface area contributed by atoms with Crippen LogP contribution < -0.4 is 0 Å². The van der Waals surface area contributed by atoms with Gasteiger partial charge < -0.3 is 0 Å². The van der Waals surface area contributed by atoms with E-state index < -0.39 is 0 Å². The molecule has 0 radical (unpaired) electrons. The summed E-state index contributed by atoms with van der Waals surface area (Å²) in [6.45, 7) is 2.17. The first-order valence-electron chi connectivity index (χ1n) is 4.05. The molecule has 2 amide bonds. The number of likely N-dealkylation sites (tertiary alicyclic amines) is 1. The van der Waals surface area contributed by atoms with Gasteiger partial charge in [0.2, 0.25) is 11.8 Å². The van der Waals surface area contributed by atoms with Gasteiger partial charge >= 0.3 is 0 Å². The average molecular weight is 198 g/mol. The Morgan fingerprint density at radius 1 is 1.85 bits per heavy atom. The average Bonchev–Trinajstić information content (AvgIpc) is 2.04. The first-order chi connectivity index (χ1) is 6.16. The number of carbonyl (C=O) groups excluding carboxylic acids is 2. The molecule has 0 unspecified atom stereocenters. The summed E-state index contributed by atoms with van der Waals surface area (Å²) in [5.74, 6) is -0.262. The molecule has 0 aromatic carbocycles. The van der Waals surface area contributed by atoms with Gasteiger partial charge in [-0.1, -0.05) is 0 Å². The number of isothiocyanates is 1. The van der Waals surface area contributed by atoms with Gasteiger partial charge in [-0.15, -0.1) is 0 Å². The van der Waals surface area contributed by atoms with Crippen LogP contribution in [-0.2, 0) is 9.59 Å². The Morgan fingerprint density at radius 2 is 2.54 bits per heavy atom. The number of nitrogens with zero attached hydrogens (tertiary/aromatic N) is 2. The number of hydrogen-bond acceptors (Lipinski definition) is 4. The van der Waals surface area contributed by atoms with Crippen LogP contribution in [0.15, 0.2) is 4.99 Å². The SMILES string of the molecule is C[C@@H]1CC(=O)N1C(=O)CCN=C=S. The van der Waals surface area contributed by atoms with Gasteiger partial charge in [0.1, 0.15) is 0 Å². The summed E-state index contributed by atoms with van der Waals surface area (Å²) >= 11 is 4.35. The molecule has 5 heteroatoms. The van der Waals surface area contributed by atoms with Crippen LogP contribution in [0, 0.1) is 0 Å². The Hall–Kier alpha value is -1.06. The van der Waals surface area contributed by atoms with E-state index in [1.54, 1.807) is 0 Å². The summed E-state index contributed by atoms with van der Waals surface area (Å²) in [5.41, 5.74) is 0. The minimum Gasteiger partial charge on any atom is -0.279 e. The first kappa shape index (κ1) is 10.0. The molecule has 0 bridgehead atoms. The predicted molar refractivity (Wildman–Crippen MR) is 50.4 cm³/mol. The lowest BCUT2D eigenvalue weighted by Crippen LogP contribution is -2.54.